The molecule has 0 N–H and O–H groups in total. The molecule has 0 aromatic heterocycles. The monoisotopic (exact) mass is 310 g/mol. The standard InChI is InChI=1S/C20H28BP/c1-19(2,3)22(6,21)14-11-12-16-15-9-7-8-10-17(15)20(4,5)18(16)13-14/h7-13H,1-6,21H3. The van der Waals surface area contributed by atoms with E-state index in [0.717, 1.165) is 0 Å². The SMILES string of the molecule is [BH3-][P+](C)(c1ccc2c(c1)C(C)(C)c1ccccc1-2)C(C)(C)C. The molecule has 0 fully saturated rings. The van der Waals surface area contributed by atoms with Gasteiger partial charge in [0, 0.05) is 22.5 Å². The van der Waals surface area contributed by atoms with Crippen LogP contribution in [0, 0.1) is 0 Å². The maximum absolute atomic E-state index is 2.59. The summed E-state index contributed by atoms with van der Waals surface area (Å²) in [7, 11) is -0.606. The van der Waals surface area contributed by atoms with E-state index >= 15 is 0 Å². The zero-order valence-corrected chi connectivity index (χ0v) is 14.9. The molecule has 2 aromatic rings. The van der Waals surface area contributed by atoms with Crippen molar-refractivity contribution in [2.45, 2.75) is 45.2 Å². The molecule has 22 heavy (non-hydrogen) atoms. The second-order valence-corrected chi connectivity index (χ2v) is 10.6. The molecule has 2 heteroatoms. The van der Waals surface area contributed by atoms with Crippen LogP contribution in [0.15, 0.2) is 42.5 Å². The molecule has 1 aliphatic carbocycles. The minimum absolute atomic E-state index is 0.139. The van der Waals surface area contributed by atoms with Crippen LogP contribution in [0.5, 0.6) is 0 Å². The summed E-state index contributed by atoms with van der Waals surface area (Å²) in [5.41, 5.74) is 6.06. The van der Waals surface area contributed by atoms with Gasteiger partial charge in [0.1, 0.15) is 7.57 Å². The molecule has 0 heterocycles. The smallest absolute Gasteiger partial charge is 0.123 e. The summed E-state index contributed by atoms with van der Waals surface area (Å²) in [5, 5.41) is 2.12. The fourth-order valence-corrected chi connectivity index (χ4v) is 4.68. The quantitative estimate of drug-likeness (QED) is 0.543. The minimum Gasteiger partial charge on any atom is -0.123 e. The largest absolute Gasteiger partial charge is 0.132 e. The van der Waals surface area contributed by atoms with E-state index in [2.05, 4.69) is 83.7 Å². The first kappa shape index (κ1) is 15.8. The van der Waals surface area contributed by atoms with Crippen LogP contribution >= 0.6 is 7.14 Å². The maximum atomic E-state index is 2.59. The third-order valence-corrected chi connectivity index (χ3v) is 8.03. The second-order valence-electron chi connectivity index (χ2n) is 7.63. The fraction of sp³-hybridized carbons (Fsp3) is 0.400. The van der Waals surface area contributed by atoms with Gasteiger partial charge in [-0.1, -0.05) is 44.2 Å². The number of hydrogen-bond acceptors (Lipinski definition) is 0. The Labute approximate surface area is 137 Å². The van der Waals surface area contributed by atoms with E-state index in [1.165, 1.54) is 16.7 Å². The van der Waals surface area contributed by atoms with Crippen LogP contribution in [0.2, 0.25) is 0 Å². The van der Waals surface area contributed by atoms with Crippen molar-refractivity contribution in [3.8, 4) is 11.1 Å². The Morgan fingerprint density at radius 3 is 2.14 bits per heavy atom. The van der Waals surface area contributed by atoms with E-state index in [9.17, 15) is 0 Å². The predicted octanol–water partition coefficient (Wildman–Crippen LogP) is 4.34. The lowest BCUT2D eigenvalue weighted by molar-refractivity contribution is 0.661. The molecular weight excluding hydrogens is 282 g/mol. The lowest BCUT2D eigenvalue weighted by atomic mass is 9.82. The van der Waals surface area contributed by atoms with Gasteiger partial charge in [-0.3, -0.25) is 0 Å². The Morgan fingerprint density at radius 1 is 0.909 bits per heavy atom. The van der Waals surface area contributed by atoms with E-state index < -0.39 is 7.14 Å². The van der Waals surface area contributed by atoms with Crippen LogP contribution in [-0.4, -0.2) is 19.4 Å². The van der Waals surface area contributed by atoms with Gasteiger partial charge >= 0.3 is 0 Å². The highest BCUT2D eigenvalue weighted by Gasteiger charge is 2.39. The molecule has 116 valence electrons. The number of benzene rings is 2. The third kappa shape index (κ3) is 2.09. The summed E-state index contributed by atoms with van der Waals surface area (Å²) >= 11 is 0. The molecule has 0 radical (unpaired) electrons. The molecule has 1 unspecified atom stereocenters. The average molecular weight is 310 g/mol. The van der Waals surface area contributed by atoms with E-state index in [-0.39, 0.29) is 5.41 Å². The van der Waals surface area contributed by atoms with E-state index in [4.69, 9.17) is 0 Å². The summed E-state index contributed by atoms with van der Waals surface area (Å²) in [4.78, 5) is 0. The summed E-state index contributed by atoms with van der Waals surface area (Å²) < 4.78 is 0. The Kier molecular flexibility index (Phi) is 3.39. The Hall–Kier alpha value is -1.07. The van der Waals surface area contributed by atoms with Crippen molar-refractivity contribution in [2.24, 2.45) is 0 Å². The van der Waals surface area contributed by atoms with Gasteiger partial charge in [-0.15, -0.1) is 7.14 Å². The summed E-state index contributed by atoms with van der Waals surface area (Å²) in [6.07, 6.45) is 0. The maximum Gasteiger partial charge on any atom is 0.132 e. The van der Waals surface area contributed by atoms with Crippen molar-refractivity contribution >= 4 is 20.0 Å². The van der Waals surface area contributed by atoms with Gasteiger partial charge in [-0.25, -0.2) is 0 Å². The molecule has 0 bridgehead atoms. The zero-order chi connectivity index (χ0) is 16.3. The van der Waals surface area contributed by atoms with Crippen molar-refractivity contribution in [3.05, 3.63) is 53.6 Å². The van der Waals surface area contributed by atoms with Gasteiger partial charge in [0.2, 0.25) is 0 Å². The molecule has 0 amide bonds. The van der Waals surface area contributed by atoms with Gasteiger partial charge in [0.25, 0.3) is 0 Å². The molecule has 1 aliphatic rings. The highest BCUT2D eigenvalue weighted by molar-refractivity contribution is 8.03. The molecule has 0 saturated carbocycles. The van der Waals surface area contributed by atoms with E-state index in [1.54, 1.807) is 10.9 Å². The van der Waals surface area contributed by atoms with Crippen LogP contribution in [0.1, 0.15) is 45.7 Å². The van der Waals surface area contributed by atoms with Gasteiger partial charge < -0.3 is 0 Å². The van der Waals surface area contributed by atoms with Crippen LogP contribution in [0.3, 0.4) is 0 Å². The number of fused-ring (bicyclic) bond motifs is 3. The summed E-state index contributed by atoms with van der Waals surface area (Å²) in [6, 6.07) is 16.4. The zero-order valence-electron chi connectivity index (χ0n) is 14.0. The third-order valence-electron chi connectivity index (χ3n) is 4.96. The van der Waals surface area contributed by atoms with Crippen molar-refractivity contribution in [2.75, 3.05) is 6.66 Å². The van der Waals surface area contributed by atoms with Crippen molar-refractivity contribution in [3.63, 3.8) is 0 Å². The fourth-order valence-electron chi connectivity index (χ4n) is 3.29. The first-order chi connectivity index (χ1) is 10.1. The molecule has 0 spiro atoms. The summed E-state index contributed by atoms with van der Waals surface area (Å²) in [6.45, 7) is 14.7. The van der Waals surface area contributed by atoms with Crippen molar-refractivity contribution in [1.29, 1.82) is 0 Å². The molecular formula is C20H28BP. The van der Waals surface area contributed by atoms with Gasteiger partial charge in [-0.05, 0) is 55.2 Å². The Bertz CT molecular complexity index is 736. The normalized spacial score (nSPS) is 18.5. The Morgan fingerprint density at radius 2 is 1.50 bits per heavy atom. The van der Waals surface area contributed by atoms with Crippen LogP contribution in [-0.2, 0) is 5.41 Å². The Balaban J connectivity index is 2.21. The first-order valence-electron chi connectivity index (χ1n) is 7.71. The molecule has 1 atom stereocenters. The average Bonchev–Trinajstić information content (AvgIpc) is 2.67. The van der Waals surface area contributed by atoms with Crippen molar-refractivity contribution < 1.29 is 0 Å². The lowest BCUT2D eigenvalue weighted by Gasteiger charge is -2.39. The second kappa shape index (κ2) is 4.71. The summed E-state index contributed by atoms with van der Waals surface area (Å²) in [5.74, 6) is 0. The van der Waals surface area contributed by atoms with Crippen LogP contribution < -0.4 is 5.30 Å². The van der Waals surface area contributed by atoms with Gasteiger partial charge in [-0.2, -0.15) is 0 Å². The van der Waals surface area contributed by atoms with Crippen LogP contribution in [0.4, 0.5) is 0 Å². The van der Waals surface area contributed by atoms with E-state index in [1.807, 2.05) is 0 Å². The van der Waals surface area contributed by atoms with Gasteiger partial charge in [0.05, 0.1) is 0 Å². The first-order valence-corrected chi connectivity index (χ1v) is 9.50. The highest BCUT2D eigenvalue weighted by atomic mass is 31.2. The topological polar surface area (TPSA) is 0 Å². The van der Waals surface area contributed by atoms with Gasteiger partial charge in [0.15, 0.2) is 0 Å². The number of rotatable bonds is 1. The minimum atomic E-state index is -0.913. The molecule has 0 saturated heterocycles. The number of hydrogen-bond donors (Lipinski definition) is 0. The lowest BCUT2D eigenvalue weighted by Crippen LogP contribution is -2.29. The van der Waals surface area contributed by atoms with Crippen molar-refractivity contribution in [1.82, 2.24) is 0 Å². The molecule has 0 nitrogen and oxygen atoms in total. The molecule has 0 aliphatic heterocycles. The molecule has 3 rings (SSSR count). The molecule has 2 aromatic carbocycles. The van der Waals surface area contributed by atoms with Crippen LogP contribution in [0.25, 0.3) is 11.1 Å². The predicted molar refractivity (Wildman–Crippen MR) is 106 cm³/mol. The highest BCUT2D eigenvalue weighted by Crippen LogP contribution is 2.61. The van der Waals surface area contributed by atoms with E-state index in [0.29, 0.717) is 12.7 Å².